The van der Waals surface area contributed by atoms with E-state index in [-0.39, 0.29) is 18.3 Å². The van der Waals surface area contributed by atoms with Crippen LogP contribution in [0.15, 0.2) is 52.9 Å². The minimum atomic E-state index is -0.546. The maximum atomic E-state index is 13.6. The summed E-state index contributed by atoms with van der Waals surface area (Å²) in [6, 6.07) is 10.5. The van der Waals surface area contributed by atoms with Crippen LogP contribution in [0, 0.1) is 11.7 Å². The van der Waals surface area contributed by atoms with Crippen molar-refractivity contribution in [2.24, 2.45) is 5.92 Å². The summed E-state index contributed by atoms with van der Waals surface area (Å²) < 4.78 is 25.6. The molecule has 2 aliphatic rings. The van der Waals surface area contributed by atoms with Crippen LogP contribution >= 0.6 is 11.8 Å². The first-order valence-corrected chi connectivity index (χ1v) is 10.5. The molecule has 31 heavy (non-hydrogen) atoms. The van der Waals surface area contributed by atoms with E-state index in [1.54, 1.807) is 34.9 Å². The molecule has 3 amide bonds. The minimum Gasteiger partial charge on any atom is -0.497 e. The van der Waals surface area contributed by atoms with Gasteiger partial charge in [0, 0.05) is 6.07 Å². The highest BCUT2D eigenvalue weighted by Crippen LogP contribution is 2.43. The number of amides is 3. The Morgan fingerprint density at radius 3 is 2.42 bits per heavy atom. The molecular formula is C23H22FN2O4S+. The van der Waals surface area contributed by atoms with Crippen LogP contribution in [0.5, 0.6) is 11.5 Å². The number of rotatable bonds is 5. The number of allylic oxidation sites excluding steroid dienone is 1. The molecule has 0 N–H and O–H groups in total. The topological polar surface area (TPSA) is 58.8 Å². The van der Waals surface area contributed by atoms with Gasteiger partial charge in [-0.15, -0.1) is 4.90 Å². The summed E-state index contributed by atoms with van der Waals surface area (Å²) in [6.45, 7) is 4.07. The molecule has 2 aromatic carbocycles. The second-order valence-corrected chi connectivity index (χ2v) is 8.55. The number of carbonyl (C=O) groups is 2. The van der Waals surface area contributed by atoms with Crippen molar-refractivity contribution in [3.8, 4) is 11.5 Å². The van der Waals surface area contributed by atoms with E-state index in [1.165, 1.54) is 43.0 Å². The molecule has 6 nitrogen and oxygen atoms in total. The highest BCUT2D eigenvalue weighted by Gasteiger charge is 2.53. The lowest BCUT2D eigenvalue weighted by Gasteiger charge is -2.26. The molecule has 0 aromatic heterocycles. The smallest absolute Gasteiger partial charge is 0.497 e. The van der Waals surface area contributed by atoms with Gasteiger partial charge >= 0.3 is 11.9 Å². The van der Waals surface area contributed by atoms with E-state index in [1.807, 2.05) is 13.8 Å². The van der Waals surface area contributed by atoms with E-state index in [9.17, 15) is 14.0 Å². The van der Waals surface area contributed by atoms with E-state index >= 15 is 0 Å². The number of halogens is 1. The number of hydrogen-bond acceptors (Lipinski definition) is 5. The van der Waals surface area contributed by atoms with Crippen molar-refractivity contribution in [2.75, 3.05) is 19.1 Å². The van der Waals surface area contributed by atoms with E-state index < -0.39 is 11.9 Å². The summed E-state index contributed by atoms with van der Waals surface area (Å²) in [6.07, 6.45) is 0. The first-order valence-electron chi connectivity index (χ1n) is 9.69. The number of hydrogen-bond donors (Lipinski definition) is 0. The molecule has 2 aliphatic heterocycles. The van der Waals surface area contributed by atoms with Gasteiger partial charge in [0.2, 0.25) is 0 Å². The fourth-order valence-electron chi connectivity index (χ4n) is 3.73. The maximum absolute atomic E-state index is 13.6. The summed E-state index contributed by atoms with van der Waals surface area (Å²) in [5.41, 5.74) is 2.03. The Morgan fingerprint density at radius 2 is 1.77 bits per heavy atom. The fraction of sp³-hybridized carbons (Fsp3) is 0.261. The van der Waals surface area contributed by atoms with Gasteiger partial charge in [0.15, 0.2) is 22.4 Å². The third-order valence-electron chi connectivity index (χ3n) is 5.53. The van der Waals surface area contributed by atoms with Crippen LogP contribution in [-0.4, -0.2) is 35.8 Å². The molecule has 160 valence electrons. The largest absolute Gasteiger partial charge is 0.507 e. The fourth-order valence-corrected chi connectivity index (χ4v) is 4.98. The van der Waals surface area contributed by atoms with Crippen LogP contribution < -0.4 is 14.4 Å². The van der Waals surface area contributed by atoms with Gasteiger partial charge in [0.25, 0.3) is 0 Å². The third kappa shape index (κ3) is 3.61. The lowest BCUT2D eigenvalue weighted by molar-refractivity contribution is -0.443. The molecule has 0 saturated carbocycles. The highest BCUT2D eigenvalue weighted by molar-refractivity contribution is 8.17. The molecule has 4 rings (SSSR count). The molecular weight excluding hydrogens is 419 g/mol. The maximum Gasteiger partial charge on any atom is 0.507 e. The van der Waals surface area contributed by atoms with Crippen molar-refractivity contribution in [2.45, 2.75) is 20.4 Å². The molecule has 1 unspecified atom stereocenters. The molecule has 0 aliphatic carbocycles. The van der Waals surface area contributed by atoms with Gasteiger partial charge < -0.3 is 9.47 Å². The third-order valence-corrected chi connectivity index (χ3v) is 6.82. The van der Waals surface area contributed by atoms with E-state index in [4.69, 9.17) is 9.47 Å². The number of imide groups is 1. The number of methoxy groups -OCH3 is 2. The Morgan fingerprint density at radius 1 is 1.06 bits per heavy atom. The lowest BCUT2D eigenvalue weighted by atomic mass is 9.97. The number of benzene rings is 2. The number of carbonyl (C=O) groups excluding carboxylic acids is 2. The predicted octanol–water partition coefficient (Wildman–Crippen LogP) is 4.58. The van der Waals surface area contributed by atoms with Gasteiger partial charge in [-0.25, -0.2) is 9.18 Å². The molecule has 2 aromatic rings. The van der Waals surface area contributed by atoms with Gasteiger partial charge in [-0.1, -0.05) is 23.9 Å². The molecule has 0 bridgehead atoms. The monoisotopic (exact) mass is 441 g/mol. The quantitative estimate of drug-likeness (QED) is 0.636. The molecule has 8 heteroatoms. The Balaban J connectivity index is 1.83. The average molecular weight is 442 g/mol. The number of anilines is 1. The molecule has 0 fully saturated rings. The van der Waals surface area contributed by atoms with Gasteiger partial charge in [-0.2, -0.15) is 9.37 Å². The molecule has 2 heterocycles. The van der Waals surface area contributed by atoms with Crippen LogP contribution in [0.1, 0.15) is 19.4 Å². The summed E-state index contributed by atoms with van der Waals surface area (Å²) in [7, 11) is 3.01. The Kier molecular flexibility index (Phi) is 5.58. The van der Waals surface area contributed by atoms with Gasteiger partial charge in [-0.3, -0.25) is 0 Å². The normalized spacial score (nSPS) is 18.6. The summed E-state index contributed by atoms with van der Waals surface area (Å²) >= 11 is 1.44. The Labute approximate surface area is 184 Å². The minimum absolute atomic E-state index is 0.223. The van der Waals surface area contributed by atoms with Gasteiger partial charge in [0.05, 0.1) is 14.2 Å². The van der Waals surface area contributed by atoms with Crippen LogP contribution in [0.4, 0.5) is 14.9 Å². The van der Waals surface area contributed by atoms with Crippen molar-refractivity contribution in [3.63, 3.8) is 0 Å². The van der Waals surface area contributed by atoms with Crippen LogP contribution in [0.2, 0.25) is 0 Å². The van der Waals surface area contributed by atoms with Crippen molar-refractivity contribution in [1.82, 2.24) is 0 Å². The zero-order valence-corrected chi connectivity index (χ0v) is 18.5. The molecule has 0 radical (unpaired) electrons. The average Bonchev–Trinajstić information content (AvgIpc) is 3.07. The van der Waals surface area contributed by atoms with Crippen molar-refractivity contribution < 1.29 is 28.0 Å². The standard InChI is InChI=1S/C23H22FN2O4S/c1-13-14(2)31-22-20(13)21(27)26(18-10-9-17(29-3)11-19(18)30-4)23(28)25(22)12-15-5-7-16(24)8-6-15/h5-11,20H,12H2,1-4H3/q+1. The van der Waals surface area contributed by atoms with Gasteiger partial charge in [-0.05, 0) is 54.2 Å². The van der Waals surface area contributed by atoms with Crippen LogP contribution in [0.3, 0.4) is 0 Å². The van der Waals surface area contributed by atoms with Crippen LogP contribution in [-0.2, 0) is 11.3 Å². The number of thioether (sulfide) groups is 1. The first-order chi connectivity index (χ1) is 14.8. The summed E-state index contributed by atoms with van der Waals surface area (Å²) in [4.78, 5) is 29.3. The molecule has 0 saturated heterocycles. The van der Waals surface area contributed by atoms with Crippen LogP contribution in [0.25, 0.3) is 0 Å². The number of urea groups is 1. The van der Waals surface area contributed by atoms with Crippen molar-refractivity contribution >= 4 is 34.4 Å². The molecule has 0 spiro atoms. The second-order valence-electron chi connectivity index (χ2n) is 7.32. The number of ether oxygens (including phenoxy) is 2. The lowest BCUT2D eigenvalue weighted by Crippen LogP contribution is -2.53. The summed E-state index contributed by atoms with van der Waals surface area (Å²) in [5, 5.41) is 0.679. The number of nitrogens with zero attached hydrogens (tertiary/aromatic N) is 2. The molecule has 1 atom stereocenters. The second kappa shape index (κ2) is 8.19. The highest BCUT2D eigenvalue weighted by atomic mass is 32.2. The summed E-state index contributed by atoms with van der Waals surface area (Å²) in [5.74, 6) is -0.301. The van der Waals surface area contributed by atoms with E-state index in [2.05, 4.69) is 0 Å². The zero-order chi connectivity index (χ0) is 22.3. The SMILES string of the molecule is COc1ccc(N2C(=O)C3C(C)=C(C)SC3=[N+](Cc3ccc(F)cc3)C2=O)c(OC)c1. The Hall–Kier alpha value is -3.13. The Bertz CT molecular complexity index is 1140. The van der Waals surface area contributed by atoms with E-state index in [0.29, 0.717) is 22.2 Å². The predicted molar refractivity (Wildman–Crippen MR) is 117 cm³/mol. The van der Waals surface area contributed by atoms with Crippen molar-refractivity contribution in [3.05, 3.63) is 64.3 Å². The number of fused-ring (bicyclic) bond motifs is 1. The van der Waals surface area contributed by atoms with Crippen molar-refractivity contribution in [1.29, 1.82) is 0 Å². The first kappa shape index (κ1) is 21.1. The zero-order valence-electron chi connectivity index (χ0n) is 17.6. The van der Waals surface area contributed by atoms with E-state index in [0.717, 1.165) is 16.0 Å². The van der Waals surface area contributed by atoms with Gasteiger partial charge in [0.1, 0.15) is 18.1 Å².